The predicted molar refractivity (Wildman–Crippen MR) is 70.2 cm³/mol. The van der Waals surface area contributed by atoms with E-state index < -0.39 is 6.09 Å². The lowest BCUT2D eigenvalue weighted by atomic mass is 9.80. The highest BCUT2D eigenvalue weighted by Crippen LogP contribution is 2.39. The Morgan fingerprint density at radius 1 is 1.53 bits per heavy atom. The zero-order chi connectivity index (χ0) is 12.6. The molecule has 1 aromatic rings. The Bertz CT molecular complexity index is 462. The van der Waals surface area contributed by atoms with Gasteiger partial charge in [-0.1, -0.05) is 47.4 Å². The Morgan fingerprint density at radius 2 is 2.24 bits per heavy atom. The van der Waals surface area contributed by atoms with E-state index in [4.69, 9.17) is 16.3 Å². The van der Waals surface area contributed by atoms with Crippen molar-refractivity contribution in [3.8, 4) is 0 Å². The quantitative estimate of drug-likeness (QED) is 0.852. The molecule has 92 valence electrons. The molecule has 0 unspecified atom stereocenters. The highest BCUT2D eigenvalue weighted by atomic mass is 79.9. The molecule has 1 aliphatic rings. The summed E-state index contributed by atoms with van der Waals surface area (Å²) in [4.78, 5) is 11.3. The van der Waals surface area contributed by atoms with Crippen molar-refractivity contribution in [2.24, 2.45) is 5.41 Å². The third-order valence-electron chi connectivity index (χ3n) is 2.89. The van der Waals surface area contributed by atoms with Crippen LogP contribution in [0.2, 0.25) is 5.02 Å². The Balaban J connectivity index is 2.39. The average Bonchev–Trinajstić information content (AvgIpc) is 2.23. The first-order valence-electron chi connectivity index (χ1n) is 5.28. The van der Waals surface area contributed by atoms with Crippen LogP contribution in [0.5, 0.6) is 0 Å². The summed E-state index contributed by atoms with van der Waals surface area (Å²) >= 11 is 9.58. The van der Waals surface area contributed by atoms with Crippen molar-refractivity contribution in [1.29, 1.82) is 0 Å². The molecule has 1 saturated heterocycles. The van der Waals surface area contributed by atoms with Crippen LogP contribution in [0.15, 0.2) is 22.7 Å². The van der Waals surface area contributed by atoms with Gasteiger partial charge in [0.1, 0.15) is 6.61 Å². The SMILES string of the molecule is CC1(C)COC(=O)N[C@@H]1c1ccc(Br)cc1Cl. The number of ether oxygens (including phenoxy) is 1. The third kappa shape index (κ3) is 2.58. The first-order valence-corrected chi connectivity index (χ1v) is 6.45. The van der Waals surface area contributed by atoms with Crippen LogP contribution in [0.1, 0.15) is 25.5 Å². The number of carbonyl (C=O) groups is 1. The van der Waals surface area contributed by atoms with Crippen LogP contribution >= 0.6 is 27.5 Å². The van der Waals surface area contributed by atoms with Crippen molar-refractivity contribution < 1.29 is 9.53 Å². The van der Waals surface area contributed by atoms with Gasteiger partial charge < -0.3 is 10.1 Å². The zero-order valence-corrected chi connectivity index (χ0v) is 11.9. The van der Waals surface area contributed by atoms with E-state index in [-0.39, 0.29) is 11.5 Å². The summed E-state index contributed by atoms with van der Waals surface area (Å²) < 4.78 is 5.92. The molecule has 2 rings (SSSR count). The number of amides is 1. The van der Waals surface area contributed by atoms with Crippen LogP contribution < -0.4 is 5.32 Å². The number of hydrogen-bond donors (Lipinski definition) is 1. The van der Waals surface area contributed by atoms with Gasteiger partial charge in [0.2, 0.25) is 0 Å². The Hall–Kier alpha value is -0.740. The second kappa shape index (κ2) is 4.50. The summed E-state index contributed by atoms with van der Waals surface area (Å²) in [7, 11) is 0. The minimum absolute atomic E-state index is 0.135. The van der Waals surface area contributed by atoms with Crippen molar-refractivity contribution in [3.05, 3.63) is 33.3 Å². The number of halogens is 2. The molecule has 0 bridgehead atoms. The molecule has 5 heteroatoms. The number of hydrogen-bond acceptors (Lipinski definition) is 2. The maximum atomic E-state index is 11.3. The van der Waals surface area contributed by atoms with E-state index >= 15 is 0 Å². The van der Waals surface area contributed by atoms with Crippen molar-refractivity contribution in [1.82, 2.24) is 5.32 Å². The van der Waals surface area contributed by atoms with Crippen molar-refractivity contribution in [2.75, 3.05) is 6.61 Å². The second-order valence-corrected chi connectivity index (χ2v) is 6.13. The summed E-state index contributed by atoms with van der Waals surface area (Å²) in [6.45, 7) is 4.46. The maximum Gasteiger partial charge on any atom is 0.407 e. The highest BCUT2D eigenvalue weighted by molar-refractivity contribution is 9.10. The van der Waals surface area contributed by atoms with E-state index in [0.29, 0.717) is 11.6 Å². The predicted octanol–water partition coefficient (Wildman–Crippen LogP) is 3.91. The molecule has 3 nitrogen and oxygen atoms in total. The van der Waals surface area contributed by atoms with E-state index in [9.17, 15) is 4.79 Å². The molecule has 0 saturated carbocycles. The molecule has 0 aromatic heterocycles. The standard InChI is InChI=1S/C12H13BrClNO2/c1-12(2)6-17-11(16)15-10(12)8-4-3-7(13)5-9(8)14/h3-5,10H,6H2,1-2H3,(H,15,16)/t10-/m1/s1. The van der Waals surface area contributed by atoms with Crippen LogP contribution in [0.3, 0.4) is 0 Å². The largest absolute Gasteiger partial charge is 0.449 e. The summed E-state index contributed by atoms with van der Waals surface area (Å²) in [6.07, 6.45) is -0.395. The average molecular weight is 319 g/mol. The van der Waals surface area contributed by atoms with Gasteiger partial charge in [0.25, 0.3) is 0 Å². The van der Waals surface area contributed by atoms with Gasteiger partial charge in [-0.3, -0.25) is 0 Å². The van der Waals surface area contributed by atoms with E-state index in [1.807, 2.05) is 32.0 Å². The molecule has 1 heterocycles. The van der Waals surface area contributed by atoms with E-state index in [1.54, 1.807) is 0 Å². The van der Waals surface area contributed by atoms with E-state index in [1.165, 1.54) is 0 Å². The molecular weight excluding hydrogens is 305 g/mol. The lowest BCUT2D eigenvalue weighted by molar-refractivity contribution is 0.0387. The molecule has 1 N–H and O–H groups in total. The number of cyclic esters (lactones) is 1. The minimum atomic E-state index is -0.395. The van der Waals surface area contributed by atoms with Crippen molar-refractivity contribution in [2.45, 2.75) is 19.9 Å². The molecule has 0 aliphatic carbocycles. The Labute approximate surface area is 114 Å². The number of carbonyl (C=O) groups excluding carboxylic acids is 1. The van der Waals surface area contributed by atoms with Crippen molar-refractivity contribution >= 4 is 33.6 Å². The van der Waals surface area contributed by atoms with Gasteiger partial charge in [-0.05, 0) is 17.7 Å². The first kappa shape index (κ1) is 12.7. The molecule has 1 aromatic carbocycles. The number of nitrogens with one attached hydrogen (secondary N) is 1. The normalized spacial score (nSPS) is 22.8. The maximum absolute atomic E-state index is 11.3. The monoisotopic (exact) mass is 317 g/mol. The van der Waals surface area contributed by atoms with Gasteiger partial charge in [0.05, 0.1) is 6.04 Å². The summed E-state index contributed by atoms with van der Waals surface area (Å²) in [5.74, 6) is 0. The zero-order valence-electron chi connectivity index (χ0n) is 9.59. The number of benzene rings is 1. The summed E-state index contributed by atoms with van der Waals surface area (Å²) in [5, 5.41) is 3.46. The van der Waals surface area contributed by atoms with E-state index in [0.717, 1.165) is 10.0 Å². The fourth-order valence-corrected chi connectivity index (χ4v) is 2.71. The van der Waals surface area contributed by atoms with Crippen molar-refractivity contribution in [3.63, 3.8) is 0 Å². The molecule has 1 atom stereocenters. The summed E-state index contributed by atoms with van der Waals surface area (Å²) in [6, 6.07) is 5.53. The second-order valence-electron chi connectivity index (χ2n) is 4.81. The van der Waals surface area contributed by atoms with Gasteiger partial charge in [-0.25, -0.2) is 4.79 Å². The van der Waals surface area contributed by atoms with Gasteiger partial charge in [-0.15, -0.1) is 0 Å². The van der Waals surface area contributed by atoms with Crippen LogP contribution in [0.25, 0.3) is 0 Å². The Morgan fingerprint density at radius 3 is 2.88 bits per heavy atom. The fraction of sp³-hybridized carbons (Fsp3) is 0.417. The van der Waals surface area contributed by atoms with Gasteiger partial charge in [0, 0.05) is 14.9 Å². The topological polar surface area (TPSA) is 38.3 Å². The number of rotatable bonds is 1. The fourth-order valence-electron chi connectivity index (χ4n) is 1.92. The molecule has 17 heavy (non-hydrogen) atoms. The smallest absolute Gasteiger partial charge is 0.407 e. The molecule has 1 aliphatic heterocycles. The lowest BCUT2D eigenvalue weighted by Crippen LogP contribution is -2.47. The van der Waals surface area contributed by atoms with Gasteiger partial charge in [-0.2, -0.15) is 0 Å². The van der Waals surface area contributed by atoms with Crippen LogP contribution in [-0.4, -0.2) is 12.7 Å². The first-order chi connectivity index (χ1) is 7.90. The number of alkyl carbamates (subject to hydrolysis) is 1. The van der Waals surface area contributed by atoms with E-state index in [2.05, 4.69) is 21.2 Å². The van der Waals surface area contributed by atoms with Crippen LogP contribution in [0, 0.1) is 5.41 Å². The molecule has 1 amide bonds. The Kier molecular flexibility index (Phi) is 3.36. The molecule has 1 fully saturated rings. The van der Waals surface area contributed by atoms with Crippen LogP contribution in [0.4, 0.5) is 4.79 Å². The van der Waals surface area contributed by atoms with Gasteiger partial charge >= 0.3 is 6.09 Å². The molecule has 0 radical (unpaired) electrons. The molecule has 0 spiro atoms. The minimum Gasteiger partial charge on any atom is -0.449 e. The third-order valence-corrected chi connectivity index (χ3v) is 3.71. The van der Waals surface area contributed by atoms with Crippen LogP contribution in [-0.2, 0) is 4.74 Å². The van der Waals surface area contributed by atoms with Gasteiger partial charge in [0.15, 0.2) is 0 Å². The lowest BCUT2D eigenvalue weighted by Gasteiger charge is -2.38. The summed E-state index contributed by atoms with van der Waals surface area (Å²) in [5.41, 5.74) is 0.724. The highest BCUT2D eigenvalue weighted by Gasteiger charge is 2.38. The molecular formula is C12H13BrClNO2.